The lowest BCUT2D eigenvalue weighted by atomic mass is 9.77. The average Bonchev–Trinajstić information content (AvgIpc) is 2.00. The van der Waals surface area contributed by atoms with Crippen molar-refractivity contribution in [3.05, 3.63) is 0 Å². The van der Waals surface area contributed by atoms with Crippen LogP contribution in [0, 0.1) is 17.8 Å². The monoisotopic (exact) mass is 167 g/mol. The van der Waals surface area contributed by atoms with Gasteiger partial charge >= 0.3 is 0 Å². The van der Waals surface area contributed by atoms with E-state index in [1.807, 2.05) is 0 Å². The molecule has 0 unspecified atom stereocenters. The van der Waals surface area contributed by atoms with Crippen LogP contribution in [0.4, 0.5) is 0 Å². The molecule has 0 aromatic rings. The van der Waals surface area contributed by atoms with Crippen molar-refractivity contribution in [3.63, 3.8) is 0 Å². The molecule has 0 aromatic heterocycles. The Labute approximate surface area is 75.9 Å². The molecule has 0 atom stereocenters. The normalized spacial score (nSPS) is 37.8. The smallest absolute Gasteiger partial charge is 0.000815 e. The molecule has 2 fully saturated rings. The van der Waals surface area contributed by atoms with Crippen molar-refractivity contribution in [1.29, 1.82) is 0 Å². The van der Waals surface area contributed by atoms with Gasteiger partial charge in [0.15, 0.2) is 0 Å². The van der Waals surface area contributed by atoms with Crippen LogP contribution in [0.3, 0.4) is 0 Å². The second-order valence-electron chi connectivity index (χ2n) is 4.89. The molecule has 2 aliphatic rings. The summed E-state index contributed by atoms with van der Waals surface area (Å²) in [6, 6.07) is 0. The topological polar surface area (TPSA) is 12.0 Å². The predicted octanol–water partition coefficient (Wildman–Crippen LogP) is 2.42. The van der Waals surface area contributed by atoms with E-state index in [1.165, 1.54) is 45.2 Å². The molecule has 0 bridgehead atoms. The van der Waals surface area contributed by atoms with Gasteiger partial charge in [0.05, 0.1) is 0 Å². The first-order valence-electron chi connectivity index (χ1n) is 5.55. The average molecular weight is 167 g/mol. The number of hydrogen-bond acceptors (Lipinski definition) is 1. The van der Waals surface area contributed by atoms with Gasteiger partial charge in [-0.05, 0) is 37.3 Å². The van der Waals surface area contributed by atoms with Crippen LogP contribution in [0.25, 0.3) is 0 Å². The Hall–Kier alpha value is -0.0400. The van der Waals surface area contributed by atoms with Crippen LogP contribution in [-0.2, 0) is 0 Å². The molecule has 1 nitrogen and oxygen atoms in total. The van der Waals surface area contributed by atoms with Crippen molar-refractivity contribution in [2.24, 2.45) is 17.8 Å². The highest BCUT2D eigenvalue weighted by atomic mass is 14.9. The Morgan fingerprint density at radius 3 is 2.17 bits per heavy atom. The van der Waals surface area contributed by atoms with Crippen LogP contribution < -0.4 is 5.32 Å². The van der Waals surface area contributed by atoms with Gasteiger partial charge in [-0.3, -0.25) is 0 Å². The lowest BCUT2D eigenvalue weighted by Crippen LogP contribution is -2.43. The zero-order valence-electron chi connectivity index (χ0n) is 8.18. The van der Waals surface area contributed by atoms with E-state index < -0.39 is 0 Å². The zero-order valence-corrected chi connectivity index (χ0v) is 8.18. The van der Waals surface area contributed by atoms with E-state index in [4.69, 9.17) is 0 Å². The minimum Gasteiger partial charge on any atom is -0.316 e. The third-order valence-electron chi connectivity index (χ3n) is 3.67. The van der Waals surface area contributed by atoms with Crippen molar-refractivity contribution in [2.45, 2.75) is 39.0 Å². The molecule has 0 radical (unpaired) electrons. The van der Waals surface area contributed by atoms with E-state index in [9.17, 15) is 0 Å². The van der Waals surface area contributed by atoms with E-state index in [0.717, 1.165) is 17.8 Å². The Morgan fingerprint density at radius 2 is 1.67 bits per heavy atom. The summed E-state index contributed by atoms with van der Waals surface area (Å²) in [5, 5.41) is 3.36. The second kappa shape index (κ2) is 3.78. The van der Waals surface area contributed by atoms with Crippen LogP contribution in [-0.4, -0.2) is 13.1 Å². The molecule has 1 aliphatic carbocycles. The lowest BCUT2D eigenvalue weighted by molar-refractivity contribution is 0.211. The molecule has 1 saturated carbocycles. The lowest BCUT2D eigenvalue weighted by Gasteiger charge is -2.33. The van der Waals surface area contributed by atoms with Crippen molar-refractivity contribution in [1.82, 2.24) is 5.32 Å². The fourth-order valence-electron chi connectivity index (χ4n) is 2.55. The van der Waals surface area contributed by atoms with Gasteiger partial charge in [-0.25, -0.2) is 0 Å². The summed E-state index contributed by atoms with van der Waals surface area (Å²) in [6.07, 6.45) is 7.52. The molecule has 0 amide bonds. The van der Waals surface area contributed by atoms with Crippen LogP contribution >= 0.6 is 0 Å². The van der Waals surface area contributed by atoms with Crippen LogP contribution in [0.15, 0.2) is 0 Å². The summed E-state index contributed by atoms with van der Waals surface area (Å²) in [6.45, 7) is 5.00. The third-order valence-corrected chi connectivity index (χ3v) is 3.67. The van der Waals surface area contributed by atoms with Gasteiger partial charge in [0.2, 0.25) is 0 Å². The highest BCUT2D eigenvalue weighted by Crippen LogP contribution is 2.32. The molecule has 70 valence electrons. The van der Waals surface area contributed by atoms with E-state index in [2.05, 4.69) is 12.2 Å². The maximum atomic E-state index is 3.36. The molecule has 0 spiro atoms. The van der Waals surface area contributed by atoms with Gasteiger partial charge in [0.1, 0.15) is 0 Å². The molecule has 12 heavy (non-hydrogen) atoms. The quantitative estimate of drug-likeness (QED) is 0.666. The van der Waals surface area contributed by atoms with Crippen LogP contribution in [0.1, 0.15) is 39.0 Å². The van der Waals surface area contributed by atoms with E-state index in [0.29, 0.717) is 0 Å². The van der Waals surface area contributed by atoms with Gasteiger partial charge in [-0.2, -0.15) is 0 Å². The molecule has 2 rings (SSSR count). The molecule has 1 N–H and O–H groups in total. The molecular formula is C11H21N. The molecule has 0 aromatic carbocycles. The summed E-state index contributed by atoms with van der Waals surface area (Å²) >= 11 is 0. The van der Waals surface area contributed by atoms with E-state index in [-0.39, 0.29) is 0 Å². The standard InChI is InChI=1S/C11H21N/c1-9-2-4-10(5-3-9)6-11-7-12-8-11/h9-12H,2-8H2,1H3. The van der Waals surface area contributed by atoms with Crippen molar-refractivity contribution >= 4 is 0 Å². The molecule has 1 saturated heterocycles. The van der Waals surface area contributed by atoms with Gasteiger partial charge in [-0.1, -0.05) is 32.6 Å². The maximum absolute atomic E-state index is 3.36. The SMILES string of the molecule is CC1CCC(CC2CNC2)CC1. The Bertz CT molecular complexity index is 132. The second-order valence-corrected chi connectivity index (χ2v) is 4.89. The minimum absolute atomic E-state index is 1.01. The summed E-state index contributed by atoms with van der Waals surface area (Å²) in [5.41, 5.74) is 0. The molecule has 1 aliphatic heterocycles. The number of rotatable bonds is 2. The minimum atomic E-state index is 1.01. The highest BCUT2D eigenvalue weighted by Gasteiger charge is 2.24. The van der Waals surface area contributed by atoms with Crippen molar-refractivity contribution in [2.75, 3.05) is 13.1 Å². The fraction of sp³-hybridized carbons (Fsp3) is 1.00. The molecule has 1 heterocycles. The molecular weight excluding hydrogens is 146 g/mol. The van der Waals surface area contributed by atoms with E-state index >= 15 is 0 Å². The number of nitrogens with one attached hydrogen (secondary N) is 1. The third kappa shape index (κ3) is 2.01. The first-order chi connectivity index (χ1) is 5.84. The van der Waals surface area contributed by atoms with E-state index in [1.54, 1.807) is 0 Å². The largest absolute Gasteiger partial charge is 0.316 e. The molecule has 1 heteroatoms. The Balaban J connectivity index is 1.67. The van der Waals surface area contributed by atoms with Crippen LogP contribution in [0.5, 0.6) is 0 Å². The Kier molecular flexibility index (Phi) is 2.69. The first-order valence-corrected chi connectivity index (χ1v) is 5.55. The van der Waals surface area contributed by atoms with Gasteiger partial charge in [0, 0.05) is 0 Å². The predicted molar refractivity (Wildman–Crippen MR) is 52.1 cm³/mol. The Morgan fingerprint density at radius 1 is 1.00 bits per heavy atom. The van der Waals surface area contributed by atoms with Crippen LogP contribution in [0.2, 0.25) is 0 Å². The summed E-state index contributed by atoms with van der Waals surface area (Å²) in [4.78, 5) is 0. The maximum Gasteiger partial charge on any atom is -0.000815 e. The zero-order chi connectivity index (χ0) is 8.39. The van der Waals surface area contributed by atoms with Crippen molar-refractivity contribution in [3.8, 4) is 0 Å². The first kappa shape index (κ1) is 8.55. The summed E-state index contributed by atoms with van der Waals surface area (Å²) in [5.74, 6) is 3.12. The number of hydrogen-bond donors (Lipinski definition) is 1. The van der Waals surface area contributed by atoms with Gasteiger partial charge in [0.25, 0.3) is 0 Å². The fourth-order valence-corrected chi connectivity index (χ4v) is 2.55. The summed E-state index contributed by atoms with van der Waals surface area (Å²) in [7, 11) is 0. The van der Waals surface area contributed by atoms with Gasteiger partial charge < -0.3 is 5.32 Å². The van der Waals surface area contributed by atoms with Gasteiger partial charge in [-0.15, -0.1) is 0 Å². The highest BCUT2D eigenvalue weighted by molar-refractivity contribution is 4.79. The van der Waals surface area contributed by atoms with Crippen molar-refractivity contribution < 1.29 is 0 Å². The summed E-state index contributed by atoms with van der Waals surface area (Å²) < 4.78 is 0.